The lowest BCUT2D eigenvalue weighted by atomic mass is 10.1. The number of carbonyl (C=O) groups excluding carboxylic acids is 1. The van der Waals surface area contributed by atoms with Crippen LogP contribution in [0.25, 0.3) is 0 Å². The van der Waals surface area contributed by atoms with Gasteiger partial charge in [-0.25, -0.2) is 0 Å². The lowest BCUT2D eigenvalue weighted by Gasteiger charge is -2.12. The molecular formula is C14H15NO3. The van der Waals surface area contributed by atoms with E-state index >= 15 is 0 Å². The van der Waals surface area contributed by atoms with Gasteiger partial charge in [-0.15, -0.1) is 0 Å². The van der Waals surface area contributed by atoms with Gasteiger partial charge in [0.25, 0.3) is 5.91 Å². The van der Waals surface area contributed by atoms with Gasteiger partial charge < -0.3 is 14.8 Å². The predicted molar refractivity (Wildman–Crippen MR) is 67.4 cm³/mol. The zero-order chi connectivity index (χ0) is 13.1. The van der Waals surface area contributed by atoms with Crippen molar-refractivity contribution in [3.05, 3.63) is 53.5 Å². The molecule has 1 unspecified atom stereocenters. The van der Waals surface area contributed by atoms with Gasteiger partial charge in [0.15, 0.2) is 0 Å². The first kappa shape index (κ1) is 12.2. The summed E-state index contributed by atoms with van der Waals surface area (Å²) in [5.41, 5.74) is 1.19. The summed E-state index contributed by atoms with van der Waals surface area (Å²) in [5.74, 6) is 0.700. The van der Waals surface area contributed by atoms with Crippen molar-refractivity contribution < 1.29 is 14.3 Å². The van der Waals surface area contributed by atoms with E-state index in [0.29, 0.717) is 16.9 Å². The van der Waals surface area contributed by atoms with E-state index < -0.39 is 0 Å². The molecule has 0 radical (unpaired) electrons. The Labute approximate surface area is 105 Å². The minimum Gasteiger partial charge on any atom is -0.508 e. The summed E-state index contributed by atoms with van der Waals surface area (Å²) in [6.07, 6.45) is 1.57. The first-order chi connectivity index (χ1) is 8.58. The second kappa shape index (κ2) is 4.96. The number of hydrogen-bond acceptors (Lipinski definition) is 3. The Morgan fingerprint density at radius 3 is 2.78 bits per heavy atom. The third-order valence-electron chi connectivity index (χ3n) is 2.78. The zero-order valence-corrected chi connectivity index (χ0v) is 10.3. The highest BCUT2D eigenvalue weighted by Gasteiger charge is 2.13. The van der Waals surface area contributed by atoms with Gasteiger partial charge >= 0.3 is 0 Å². The highest BCUT2D eigenvalue weighted by molar-refractivity contribution is 5.94. The van der Waals surface area contributed by atoms with Crippen LogP contribution in [0.15, 0.2) is 41.0 Å². The Bertz CT molecular complexity index is 546. The van der Waals surface area contributed by atoms with Crippen LogP contribution < -0.4 is 5.32 Å². The number of rotatable bonds is 3. The van der Waals surface area contributed by atoms with E-state index in [4.69, 9.17) is 4.42 Å². The number of phenolic OH excluding ortho intramolecular Hbond substituents is 1. The van der Waals surface area contributed by atoms with E-state index in [1.54, 1.807) is 31.4 Å². The normalized spacial score (nSPS) is 12.1. The number of amides is 1. The summed E-state index contributed by atoms with van der Waals surface area (Å²) >= 11 is 0. The topological polar surface area (TPSA) is 62.5 Å². The minimum atomic E-state index is -0.193. The van der Waals surface area contributed by atoms with Gasteiger partial charge in [-0.2, -0.15) is 0 Å². The van der Waals surface area contributed by atoms with Gasteiger partial charge in [0.2, 0.25) is 0 Å². The van der Waals surface area contributed by atoms with Crippen LogP contribution in [0, 0.1) is 6.92 Å². The van der Waals surface area contributed by atoms with Crippen molar-refractivity contribution >= 4 is 5.91 Å². The number of carbonyl (C=O) groups is 1. The van der Waals surface area contributed by atoms with Crippen molar-refractivity contribution in [2.24, 2.45) is 0 Å². The molecule has 1 heterocycles. The Hall–Kier alpha value is -2.23. The summed E-state index contributed by atoms with van der Waals surface area (Å²) in [4.78, 5) is 12.0. The molecule has 1 amide bonds. The highest BCUT2D eigenvalue weighted by Crippen LogP contribution is 2.18. The van der Waals surface area contributed by atoms with Crippen LogP contribution in [0.1, 0.15) is 34.6 Å². The molecule has 0 bridgehead atoms. The first-order valence-corrected chi connectivity index (χ1v) is 5.72. The number of aryl methyl sites for hydroxylation is 1. The third-order valence-corrected chi connectivity index (χ3v) is 2.78. The molecule has 1 atom stereocenters. The number of nitrogens with one attached hydrogen (secondary N) is 1. The standard InChI is InChI=1S/C14H15NO3/c1-9-8-11(5-6-12(9)16)14(17)15-10(2)13-4-3-7-18-13/h3-8,10,16H,1-2H3,(H,15,17). The smallest absolute Gasteiger partial charge is 0.251 e. The van der Waals surface area contributed by atoms with E-state index in [9.17, 15) is 9.90 Å². The maximum Gasteiger partial charge on any atom is 0.251 e. The number of benzene rings is 1. The third kappa shape index (κ3) is 2.53. The average Bonchev–Trinajstić information content (AvgIpc) is 2.86. The molecule has 0 aliphatic rings. The van der Waals surface area contributed by atoms with Gasteiger partial charge in [0.05, 0.1) is 12.3 Å². The fourth-order valence-corrected chi connectivity index (χ4v) is 1.69. The molecule has 2 rings (SSSR count). The minimum absolute atomic E-state index is 0.186. The number of phenols is 1. The molecule has 0 saturated heterocycles. The van der Waals surface area contributed by atoms with Gasteiger partial charge in [0, 0.05) is 5.56 Å². The van der Waals surface area contributed by atoms with Crippen LogP contribution in [-0.2, 0) is 0 Å². The van der Waals surface area contributed by atoms with Crippen LogP contribution in [-0.4, -0.2) is 11.0 Å². The van der Waals surface area contributed by atoms with Crippen molar-refractivity contribution in [3.8, 4) is 5.75 Å². The maximum atomic E-state index is 12.0. The first-order valence-electron chi connectivity index (χ1n) is 5.72. The highest BCUT2D eigenvalue weighted by atomic mass is 16.3. The van der Waals surface area contributed by atoms with E-state index in [2.05, 4.69) is 5.32 Å². The molecule has 94 valence electrons. The summed E-state index contributed by atoms with van der Waals surface area (Å²) in [6, 6.07) is 8.16. The lowest BCUT2D eigenvalue weighted by Crippen LogP contribution is -2.26. The molecule has 2 N–H and O–H groups in total. The molecule has 0 fully saturated rings. The van der Waals surface area contributed by atoms with Crippen LogP contribution >= 0.6 is 0 Å². The van der Waals surface area contributed by atoms with Crippen molar-refractivity contribution in [2.75, 3.05) is 0 Å². The van der Waals surface area contributed by atoms with Crippen LogP contribution in [0.3, 0.4) is 0 Å². The molecule has 4 heteroatoms. The van der Waals surface area contributed by atoms with E-state index in [1.165, 1.54) is 6.07 Å². The lowest BCUT2D eigenvalue weighted by molar-refractivity contribution is 0.0935. The van der Waals surface area contributed by atoms with Crippen molar-refractivity contribution in [3.63, 3.8) is 0 Å². The monoisotopic (exact) mass is 245 g/mol. The van der Waals surface area contributed by atoms with Crippen molar-refractivity contribution in [1.29, 1.82) is 0 Å². The molecule has 4 nitrogen and oxygen atoms in total. The van der Waals surface area contributed by atoms with Crippen molar-refractivity contribution in [2.45, 2.75) is 19.9 Å². The molecular weight excluding hydrogens is 230 g/mol. The predicted octanol–water partition coefficient (Wildman–Crippen LogP) is 2.78. The second-order valence-corrected chi connectivity index (χ2v) is 4.21. The molecule has 0 saturated carbocycles. The summed E-state index contributed by atoms with van der Waals surface area (Å²) in [7, 11) is 0. The Kier molecular flexibility index (Phi) is 3.37. The van der Waals surface area contributed by atoms with Gasteiger partial charge in [-0.05, 0) is 49.7 Å². The average molecular weight is 245 g/mol. The molecule has 0 aliphatic carbocycles. The second-order valence-electron chi connectivity index (χ2n) is 4.21. The molecule has 1 aromatic carbocycles. The molecule has 0 spiro atoms. The van der Waals surface area contributed by atoms with Gasteiger partial charge in [0.1, 0.15) is 11.5 Å². The number of hydrogen-bond donors (Lipinski definition) is 2. The van der Waals surface area contributed by atoms with E-state index in [0.717, 1.165) is 0 Å². The number of furan rings is 1. The maximum absolute atomic E-state index is 12.0. The largest absolute Gasteiger partial charge is 0.508 e. The summed E-state index contributed by atoms with van der Waals surface area (Å²) < 4.78 is 5.22. The van der Waals surface area contributed by atoms with Crippen molar-refractivity contribution in [1.82, 2.24) is 5.32 Å². The summed E-state index contributed by atoms with van der Waals surface area (Å²) in [6.45, 7) is 3.60. The quantitative estimate of drug-likeness (QED) is 0.874. The van der Waals surface area contributed by atoms with E-state index in [-0.39, 0.29) is 17.7 Å². The Morgan fingerprint density at radius 1 is 1.39 bits per heavy atom. The Morgan fingerprint density at radius 2 is 2.17 bits per heavy atom. The van der Waals surface area contributed by atoms with Gasteiger partial charge in [-0.3, -0.25) is 4.79 Å². The fraction of sp³-hybridized carbons (Fsp3) is 0.214. The van der Waals surface area contributed by atoms with E-state index in [1.807, 2.05) is 13.0 Å². The SMILES string of the molecule is Cc1cc(C(=O)NC(C)c2ccco2)ccc1O. The fourth-order valence-electron chi connectivity index (χ4n) is 1.69. The Balaban J connectivity index is 2.10. The molecule has 1 aromatic heterocycles. The van der Waals surface area contributed by atoms with Crippen LogP contribution in [0.4, 0.5) is 0 Å². The molecule has 2 aromatic rings. The van der Waals surface area contributed by atoms with Gasteiger partial charge in [-0.1, -0.05) is 0 Å². The molecule has 0 aliphatic heterocycles. The van der Waals surface area contributed by atoms with Crippen LogP contribution in [0.2, 0.25) is 0 Å². The number of aromatic hydroxyl groups is 1. The van der Waals surface area contributed by atoms with Crippen LogP contribution in [0.5, 0.6) is 5.75 Å². The molecule has 18 heavy (non-hydrogen) atoms. The zero-order valence-electron chi connectivity index (χ0n) is 10.3. The summed E-state index contributed by atoms with van der Waals surface area (Å²) in [5, 5.41) is 12.2.